The summed E-state index contributed by atoms with van der Waals surface area (Å²) in [5.41, 5.74) is 2.84. The number of fused-ring (bicyclic) bond motifs is 1. The van der Waals surface area contributed by atoms with Gasteiger partial charge in [0, 0.05) is 23.9 Å². The molecule has 2 heterocycles. The SMILES string of the molecule is CCc1oc2ccccc2c1CNc1ccc(F)nc1. The monoisotopic (exact) mass is 270 g/mol. The van der Waals surface area contributed by atoms with Gasteiger partial charge in [-0.1, -0.05) is 25.1 Å². The molecule has 0 spiro atoms. The Labute approximate surface area is 116 Å². The zero-order chi connectivity index (χ0) is 13.9. The van der Waals surface area contributed by atoms with Gasteiger partial charge < -0.3 is 9.73 Å². The van der Waals surface area contributed by atoms with Crippen LogP contribution in [-0.2, 0) is 13.0 Å². The fourth-order valence-corrected chi connectivity index (χ4v) is 2.30. The zero-order valence-electron chi connectivity index (χ0n) is 11.2. The van der Waals surface area contributed by atoms with Gasteiger partial charge in [-0.15, -0.1) is 0 Å². The number of furan rings is 1. The van der Waals surface area contributed by atoms with Crippen LogP contribution < -0.4 is 5.32 Å². The second-order valence-corrected chi connectivity index (χ2v) is 4.58. The highest BCUT2D eigenvalue weighted by atomic mass is 19.1. The van der Waals surface area contributed by atoms with Gasteiger partial charge in [0.1, 0.15) is 11.3 Å². The van der Waals surface area contributed by atoms with Crippen LogP contribution in [0.15, 0.2) is 47.0 Å². The molecule has 0 atom stereocenters. The Bertz CT molecular complexity index is 719. The fraction of sp³-hybridized carbons (Fsp3) is 0.188. The first-order valence-corrected chi connectivity index (χ1v) is 6.62. The second-order valence-electron chi connectivity index (χ2n) is 4.58. The Morgan fingerprint density at radius 3 is 2.80 bits per heavy atom. The molecule has 0 amide bonds. The molecule has 3 aromatic rings. The van der Waals surface area contributed by atoms with Crippen molar-refractivity contribution >= 4 is 16.7 Å². The standard InChI is InChI=1S/C16H15FN2O/c1-2-14-13(12-5-3-4-6-15(12)20-14)10-18-11-7-8-16(17)19-9-11/h3-9,18H,2,10H2,1H3. The Kier molecular flexibility index (Phi) is 3.37. The van der Waals surface area contributed by atoms with Crippen molar-refractivity contribution in [2.45, 2.75) is 19.9 Å². The van der Waals surface area contributed by atoms with E-state index in [4.69, 9.17) is 4.42 Å². The van der Waals surface area contributed by atoms with E-state index >= 15 is 0 Å². The highest BCUT2D eigenvalue weighted by Gasteiger charge is 2.11. The quantitative estimate of drug-likeness (QED) is 0.724. The lowest BCUT2D eigenvalue weighted by atomic mass is 10.1. The maximum Gasteiger partial charge on any atom is 0.212 e. The molecule has 1 N–H and O–H groups in total. The minimum absolute atomic E-state index is 0.474. The van der Waals surface area contributed by atoms with E-state index < -0.39 is 5.95 Å². The topological polar surface area (TPSA) is 38.1 Å². The van der Waals surface area contributed by atoms with Crippen molar-refractivity contribution in [3.63, 3.8) is 0 Å². The van der Waals surface area contributed by atoms with Crippen LogP contribution in [0.4, 0.5) is 10.1 Å². The van der Waals surface area contributed by atoms with Crippen molar-refractivity contribution in [1.29, 1.82) is 0 Å². The van der Waals surface area contributed by atoms with E-state index in [1.54, 1.807) is 6.07 Å². The number of nitrogens with one attached hydrogen (secondary N) is 1. The summed E-state index contributed by atoms with van der Waals surface area (Å²) < 4.78 is 18.6. The van der Waals surface area contributed by atoms with Gasteiger partial charge in [0.2, 0.25) is 5.95 Å². The van der Waals surface area contributed by atoms with Gasteiger partial charge in [-0.3, -0.25) is 0 Å². The van der Waals surface area contributed by atoms with Crippen molar-refractivity contribution < 1.29 is 8.81 Å². The van der Waals surface area contributed by atoms with Crippen molar-refractivity contribution in [3.05, 3.63) is 59.9 Å². The molecule has 1 aromatic carbocycles. The fourth-order valence-electron chi connectivity index (χ4n) is 2.30. The Morgan fingerprint density at radius 1 is 1.20 bits per heavy atom. The summed E-state index contributed by atoms with van der Waals surface area (Å²) in [5, 5.41) is 4.37. The van der Waals surface area contributed by atoms with E-state index in [1.807, 2.05) is 18.2 Å². The molecule has 0 fully saturated rings. The molecule has 2 aromatic heterocycles. The normalized spacial score (nSPS) is 10.9. The summed E-state index contributed by atoms with van der Waals surface area (Å²) in [7, 11) is 0. The Hall–Kier alpha value is -2.36. The molecule has 0 unspecified atom stereocenters. The summed E-state index contributed by atoms with van der Waals surface area (Å²) in [6, 6.07) is 11.0. The lowest BCUT2D eigenvalue weighted by Gasteiger charge is -2.06. The number of nitrogens with zero attached hydrogens (tertiary/aromatic N) is 1. The number of hydrogen-bond donors (Lipinski definition) is 1. The van der Waals surface area contributed by atoms with Crippen LogP contribution in [-0.4, -0.2) is 4.98 Å². The first-order valence-electron chi connectivity index (χ1n) is 6.62. The lowest BCUT2D eigenvalue weighted by Crippen LogP contribution is -2.01. The van der Waals surface area contributed by atoms with Crippen LogP contribution in [0.2, 0.25) is 0 Å². The molecule has 0 aliphatic rings. The summed E-state index contributed by atoms with van der Waals surface area (Å²) >= 11 is 0. The molecule has 3 nitrogen and oxygen atoms in total. The van der Waals surface area contributed by atoms with Crippen molar-refractivity contribution in [3.8, 4) is 0 Å². The molecule has 0 saturated carbocycles. The first-order chi connectivity index (χ1) is 9.78. The van der Waals surface area contributed by atoms with Crippen LogP contribution in [0.5, 0.6) is 0 Å². The van der Waals surface area contributed by atoms with E-state index in [-0.39, 0.29) is 0 Å². The summed E-state index contributed by atoms with van der Waals surface area (Å²) in [6.07, 6.45) is 2.33. The van der Waals surface area contributed by atoms with Gasteiger partial charge in [0.25, 0.3) is 0 Å². The molecule has 0 aliphatic heterocycles. The molecule has 20 heavy (non-hydrogen) atoms. The molecule has 0 radical (unpaired) electrons. The summed E-state index contributed by atoms with van der Waals surface area (Å²) in [4.78, 5) is 3.63. The largest absolute Gasteiger partial charge is 0.461 e. The highest BCUT2D eigenvalue weighted by Crippen LogP contribution is 2.27. The van der Waals surface area contributed by atoms with Crippen molar-refractivity contribution in [2.24, 2.45) is 0 Å². The third-order valence-electron chi connectivity index (χ3n) is 3.30. The van der Waals surface area contributed by atoms with Gasteiger partial charge in [0.15, 0.2) is 0 Å². The smallest absolute Gasteiger partial charge is 0.212 e. The predicted octanol–water partition coefficient (Wildman–Crippen LogP) is 4.14. The molecule has 0 saturated heterocycles. The second kappa shape index (κ2) is 5.33. The summed E-state index contributed by atoms with van der Waals surface area (Å²) in [5.74, 6) is 0.507. The van der Waals surface area contributed by atoms with Crippen molar-refractivity contribution in [1.82, 2.24) is 4.98 Å². The van der Waals surface area contributed by atoms with E-state index in [2.05, 4.69) is 23.3 Å². The van der Waals surface area contributed by atoms with E-state index in [0.717, 1.165) is 34.4 Å². The molecule has 4 heteroatoms. The van der Waals surface area contributed by atoms with Crippen LogP contribution in [0, 0.1) is 5.95 Å². The molecular formula is C16H15FN2O. The number of aryl methyl sites for hydroxylation is 1. The van der Waals surface area contributed by atoms with Gasteiger partial charge in [-0.05, 0) is 18.2 Å². The Balaban J connectivity index is 1.88. The van der Waals surface area contributed by atoms with Crippen LogP contribution in [0.3, 0.4) is 0 Å². The van der Waals surface area contributed by atoms with E-state index in [0.29, 0.717) is 6.54 Å². The number of hydrogen-bond acceptors (Lipinski definition) is 3. The molecule has 3 rings (SSSR count). The minimum atomic E-state index is -0.474. The van der Waals surface area contributed by atoms with Gasteiger partial charge in [-0.25, -0.2) is 4.98 Å². The average Bonchev–Trinajstić information content (AvgIpc) is 2.84. The minimum Gasteiger partial charge on any atom is -0.461 e. The van der Waals surface area contributed by atoms with E-state index in [1.165, 1.54) is 12.3 Å². The average molecular weight is 270 g/mol. The third-order valence-corrected chi connectivity index (χ3v) is 3.30. The molecular weight excluding hydrogens is 255 g/mol. The van der Waals surface area contributed by atoms with E-state index in [9.17, 15) is 4.39 Å². The highest BCUT2D eigenvalue weighted by molar-refractivity contribution is 5.82. The maximum atomic E-state index is 12.8. The predicted molar refractivity (Wildman–Crippen MR) is 77.1 cm³/mol. The number of rotatable bonds is 4. The van der Waals surface area contributed by atoms with Crippen LogP contribution in [0.1, 0.15) is 18.2 Å². The first kappa shape index (κ1) is 12.7. The molecule has 0 aliphatic carbocycles. The lowest BCUT2D eigenvalue weighted by molar-refractivity contribution is 0.551. The zero-order valence-corrected chi connectivity index (χ0v) is 11.2. The number of aromatic nitrogens is 1. The van der Waals surface area contributed by atoms with Gasteiger partial charge >= 0.3 is 0 Å². The maximum absolute atomic E-state index is 12.8. The number of benzene rings is 1. The van der Waals surface area contributed by atoms with Crippen LogP contribution in [0.25, 0.3) is 11.0 Å². The Morgan fingerprint density at radius 2 is 2.05 bits per heavy atom. The number of pyridine rings is 1. The third kappa shape index (κ3) is 2.37. The van der Waals surface area contributed by atoms with Gasteiger partial charge in [0.05, 0.1) is 11.9 Å². The number of anilines is 1. The van der Waals surface area contributed by atoms with Gasteiger partial charge in [-0.2, -0.15) is 4.39 Å². The summed E-state index contributed by atoms with van der Waals surface area (Å²) in [6.45, 7) is 2.70. The molecule has 0 bridgehead atoms. The number of para-hydroxylation sites is 1. The van der Waals surface area contributed by atoms with Crippen molar-refractivity contribution in [2.75, 3.05) is 5.32 Å². The molecule has 102 valence electrons. The van der Waals surface area contributed by atoms with Crippen LogP contribution >= 0.6 is 0 Å². The number of halogens is 1.